The van der Waals surface area contributed by atoms with Gasteiger partial charge >= 0.3 is 5.69 Å². The molecule has 5 heteroatoms. The fourth-order valence-corrected chi connectivity index (χ4v) is 3.74. The Hall–Kier alpha value is -1.91. The Morgan fingerprint density at radius 1 is 1.30 bits per heavy atom. The molecule has 3 rings (SSSR count). The minimum Gasteiger partial charge on any atom is -0.490 e. The third kappa shape index (κ3) is 1.88. The largest absolute Gasteiger partial charge is 0.490 e. The van der Waals surface area contributed by atoms with Crippen molar-refractivity contribution in [3.05, 3.63) is 33.4 Å². The lowest BCUT2D eigenvalue weighted by Gasteiger charge is -2.36. The van der Waals surface area contributed by atoms with E-state index in [1.807, 2.05) is 0 Å². The smallest absolute Gasteiger partial charge is 0.315 e. The fraction of sp³-hybridized carbons (Fsp3) is 0.533. The van der Waals surface area contributed by atoms with Crippen LogP contribution in [0.3, 0.4) is 0 Å². The minimum atomic E-state index is -0.401. The Morgan fingerprint density at radius 2 is 2.05 bits per heavy atom. The molecule has 1 fully saturated rings. The lowest BCUT2D eigenvalue weighted by atomic mass is 9.67. The van der Waals surface area contributed by atoms with E-state index in [0.29, 0.717) is 17.5 Å². The van der Waals surface area contributed by atoms with Crippen LogP contribution >= 0.6 is 0 Å². The van der Waals surface area contributed by atoms with E-state index in [9.17, 15) is 14.9 Å². The molecule has 0 aliphatic heterocycles. The number of carbonyl (C=O) groups excluding carboxylic acids is 1. The van der Waals surface area contributed by atoms with E-state index in [1.165, 1.54) is 13.2 Å². The van der Waals surface area contributed by atoms with Crippen molar-refractivity contribution in [3.8, 4) is 5.75 Å². The first-order valence-electron chi connectivity index (χ1n) is 7.02. The number of benzene rings is 1. The summed E-state index contributed by atoms with van der Waals surface area (Å²) in [5.74, 6) is 0.684. The van der Waals surface area contributed by atoms with Gasteiger partial charge in [0, 0.05) is 17.5 Å². The van der Waals surface area contributed by atoms with Crippen LogP contribution < -0.4 is 4.74 Å². The van der Waals surface area contributed by atoms with Gasteiger partial charge in [0.2, 0.25) is 0 Å². The molecule has 2 aliphatic carbocycles. The molecule has 0 aromatic heterocycles. The van der Waals surface area contributed by atoms with Crippen LogP contribution in [-0.2, 0) is 0 Å². The Kier molecular flexibility index (Phi) is 3.20. The Morgan fingerprint density at radius 3 is 2.75 bits per heavy atom. The molecule has 106 valence electrons. The van der Waals surface area contributed by atoms with Gasteiger partial charge in [-0.15, -0.1) is 0 Å². The predicted molar refractivity (Wildman–Crippen MR) is 73.3 cm³/mol. The van der Waals surface area contributed by atoms with Gasteiger partial charge in [-0.2, -0.15) is 0 Å². The average Bonchev–Trinajstić information content (AvgIpc) is 2.46. The first-order valence-corrected chi connectivity index (χ1v) is 7.02. The lowest BCUT2D eigenvalue weighted by molar-refractivity contribution is -0.386. The summed E-state index contributed by atoms with van der Waals surface area (Å²) in [5.41, 5.74) is 1.14. The number of ether oxygens (including phenoxy) is 1. The highest BCUT2D eigenvalue weighted by molar-refractivity contribution is 6.00. The summed E-state index contributed by atoms with van der Waals surface area (Å²) in [7, 11) is 1.43. The monoisotopic (exact) mass is 275 g/mol. The summed E-state index contributed by atoms with van der Waals surface area (Å²) in [4.78, 5) is 23.3. The molecule has 2 unspecified atom stereocenters. The van der Waals surface area contributed by atoms with E-state index in [2.05, 4.69) is 0 Å². The van der Waals surface area contributed by atoms with Crippen molar-refractivity contribution in [2.75, 3.05) is 7.11 Å². The Balaban J connectivity index is 2.23. The Bertz CT molecular complexity index is 581. The predicted octanol–water partition coefficient (Wildman–Crippen LogP) is 3.46. The molecular formula is C15H17NO4. The molecule has 0 bridgehead atoms. The van der Waals surface area contributed by atoms with Gasteiger partial charge in [-0.25, -0.2) is 0 Å². The number of carbonyl (C=O) groups is 1. The maximum absolute atomic E-state index is 12.3. The molecule has 5 nitrogen and oxygen atoms in total. The molecule has 0 radical (unpaired) electrons. The molecule has 0 saturated heterocycles. The maximum Gasteiger partial charge on any atom is 0.315 e. The molecule has 0 heterocycles. The summed E-state index contributed by atoms with van der Waals surface area (Å²) in [5, 5.41) is 11.4. The highest BCUT2D eigenvalue weighted by atomic mass is 16.6. The number of ketones is 1. The first kappa shape index (κ1) is 13.1. The Labute approximate surface area is 117 Å². The van der Waals surface area contributed by atoms with E-state index in [4.69, 9.17) is 4.74 Å². The molecule has 0 N–H and O–H groups in total. The molecule has 20 heavy (non-hydrogen) atoms. The van der Waals surface area contributed by atoms with Crippen molar-refractivity contribution in [1.29, 1.82) is 0 Å². The normalized spacial score (nSPS) is 24.8. The van der Waals surface area contributed by atoms with Crippen LogP contribution in [0.25, 0.3) is 0 Å². The zero-order chi connectivity index (χ0) is 14.3. The van der Waals surface area contributed by atoms with Gasteiger partial charge in [-0.3, -0.25) is 14.9 Å². The zero-order valence-electron chi connectivity index (χ0n) is 11.4. The number of fused-ring (bicyclic) bond motifs is 3. The number of nitro groups is 1. The fourth-order valence-electron chi connectivity index (χ4n) is 3.74. The van der Waals surface area contributed by atoms with Crippen LogP contribution in [0.4, 0.5) is 5.69 Å². The van der Waals surface area contributed by atoms with Crippen molar-refractivity contribution in [3.63, 3.8) is 0 Å². The van der Waals surface area contributed by atoms with Gasteiger partial charge in [0.05, 0.1) is 12.0 Å². The van der Waals surface area contributed by atoms with Gasteiger partial charge in [0.25, 0.3) is 0 Å². The summed E-state index contributed by atoms with van der Waals surface area (Å²) < 4.78 is 5.13. The van der Waals surface area contributed by atoms with Gasteiger partial charge < -0.3 is 4.74 Å². The third-order valence-corrected chi connectivity index (χ3v) is 4.61. The number of nitrogens with zero attached hydrogens (tertiary/aromatic N) is 1. The topological polar surface area (TPSA) is 69.4 Å². The molecule has 0 amide bonds. The number of hydrogen-bond donors (Lipinski definition) is 0. The van der Waals surface area contributed by atoms with Gasteiger partial charge in [-0.1, -0.05) is 12.8 Å². The van der Waals surface area contributed by atoms with Gasteiger partial charge in [0.1, 0.15) is 0 Å². The molecule has 1 saturated carbocycles. The lowest BCUT2D eigenvalue weighted by Crippen LogP contribution is -2.28. The average molecular weight is 275 g/mol. The van der Waals surface area contributed by atoms with Crippen LogP contribution in [0, 0.1) is 16.0 Å². The summed E-state index contributed by atoms with van der Waals surface area (Å²) in [6, 6.07) is 3.23. The molecule has 0 spiro atoms. The second kappa shape index (κ2) is 4.89. The van der Waals surface area contributed by atoms with E-state index in [0.717, 1.165) is 25.7 Å². The van der Waals surface area contributed by atoms with Crippen LogP contribution in [0.15, 0.2) is 12.1 Å². The van der Waals surface area contributed by atoms with E-state index < -0.39 is 4.92 Å². The second-order valence-electron chi connectivity index (χ2n) is 5.61. The van der Waals surface area contributed by atoms with Crippen molar-refractivity contribution in [2.24, 2.45) is 5.92 Å². The number of Topliss-reactive ketones (excluding diaryl/α,β-unsaturated/α-hetero) is 1. The van der Waals surface area contributed by atoms with Crippen LogP contribution in [0.1, 0.15) is 53.9 Å². The highest BCUT2D eigenvalue weighted by Crippen LogP contribution is 2.50. The number of methoxy groups -OCH3 is 1. The maximum atomic E-state index is 12.3. The molecular weight excluding hydrogens is 258 g/mol. The highest BCUT2D eigenvalue weighted by Gasteiger charge is 2.41. The summed E-state index contributed by atoms with van der Waals surface area (Å²) >= 11 is 0. The van der Waals surface area contributed by atoms with Crippen molar-refractivity contribution < 1.29 is 14.5 Å². The van der Waals surface area contributed by atoms with Crippen LogP contribution in [0.2, 0.25) is 0 Å². The molecule has 2 atom stereocenters. The van der Waals surface area contributed by atoms with Gasteiger partial charge in [-0.05, 0) is 36.8 Å². The summed E-state index contributed by atoms with van der Waals surface area (Å²) in [6.45, 7) is 0. The number of rotatable bonds is 2. The van der Waals surface area contributed by atoms with E-state index in [1.54, 1.807) is 6.07 Å². The first-order chi connectivity index (χ1) is 9.63. The second-order valence-corrected chi connectivity index (χ2v) is 5.61. The molecule has 1 aromatic carbocycles. The van der Waals surface area contributed by atoms with Crippen LogP contribution in [-0.4, -0.2) is 17.8 Å². The third-order valence-electron chi connectivity index (χ3n) is 4.61. The zero-order valence-corrected chi connectivity index (χ0v) is 11.4. The molecule has 2 aliphatic rings. The van der Waals surface area contributed by atoms with Crippen molar-refractivity contribution in [2.45, 2.75) is 38.0 Å². The quantitative estimate of drug-likeness (QED) is 0.612. The summed E-state index contributed by atoms with van der Waals surface area (Å²) in [6.07, 6.45) is 4.63. The number of nitro benzene ring substituents is 1. The van der Waals surface area contributed by atoms with Gasteiger partial charge in [0.15, 0.2) is 11.5 Å². The number of hydrogen-bond acceptors (Lipinski definition) is 4. The SMILES string of the molecule is COc1ccc2c(c1[N+](=O)[O-])C1CCCCC1CC2=O. The molecule has 1 aromatic rings. The van der Waals surface area contributed by atoms with Crippen LogP contribution in [0.5, 0.6) is 5.75 Å². The minimum absolute atomic E-state index is 0.00468. The van der Waals surface area contributed by atoms with Crippen molar-refractivity contribution in [1.82, 2.24) is 0 Å². The van der Waals surface area contributed by atoms with E-state index >= 15 is 0 Å². The van der Waals surface area contributed by atoms with Crippen molar-refractivity contribution >= 4 is 11.5 Å². The standard InChI is InChI=1S/C15H17NO4/c1-20-13-7-6-11-12(17)8-9-4-2-3-5-10(9)14(11)15(13)16(18)19/h6-7,9-10H,2-5,8H2,1H3. The van der Waals surface area contributed by atoms with E-state index in [-0.39, 0.29) is 29.1 Å².